The van der Waals surface area contributed by atoms with E-state index in [9.17, 15) is 14.4 Å². The number of hydrogen-bond donors (Lipinski definition) is 1. The predicted molar refractivity (Wildman–Crippen MR) is 75.4 cm³/mol. The van der Waals surface area contributed by atoms with Crippen molar-refractivity contribution in [2.45, 2.75) is 45.8 Å². The van der Waals surface area contributed by atoms with Gasteiger partial charge in [0.2, 0.25) is 6.54 Å². The van der Waals surface area contributed by atoms with E-state index in [1.807, 2.05) is 0 Å². The topological polar surface area (TPSA) is 86.1 Å². The number of methoxy groups -OCH3 is 1. The minimum Gasteiger partial charge on any atom is -0.467 e. The number of hydrogen-bond acceptors (Lipinski definition) is 5. The lowest BCUT2D eigenvalue weighted by atomic mass is 9.96. The molecule has 21 heavy (non-hydrogen) atoms. The molecule has 0 unspecified atom stereocenters. The van der Waals surface area contributed by atoms with E-state index in [1.54, 1.807) is 20.8 Å². The first-order valence-electron chi connectivity index (χ1n) is 6.51. The smallest absolute Gasteiger partial charge is 0.408 e. The fourth-order valence-electron chi connectivity index (χ4n) is 1.57. The highest BCUT2D eigenvalue weighted by Gasteiger charge is 2.30. The van der Waals surface area contributed by atoms with Gasteiger partial charge in [0.05, 0.1) is 13.0 Å². The zero-order chi connectivity index (χ0) is 16.6. The zero-order valence-corrected chi connectivity index (χ0v) is 13.1. The quantitative estimate of drug-likeness (QED) is 0.594. The molecule has 0 aliphatic rings. The first-order valence-corrected chi connectivity index (χ1v) is 6.51. The van der Waals surface area contributed by atoms with Gasteiger partial charge in [0.15, 0.2) is 0 Å². The molecule has 0 aromatic heterocycles. The molecule has 1 amide bonds. The van der Waals surface area contributed by atoms with Crippen LogP contribution in [-0.2, 0) is 19.1 Å². The number of ketones is 1. The van der Waals surface area contributed by atoms with Crippen LogP contribution < -0.4 is 5.32 Å². The summed E-state index contributed by atoms with van der Waals surface area (Å²) in [6.07, 6.45) is -0.771. The van der Waals surface area contributed by atoms with Crippen molar-refractivity contribution in [2.24, 2.45) is 5.92 Å². The number of carbonyl (C=O) groups is 3. The van der Waals surface area contributed by atoms with E-state index in [2.05, 4.69) is 14.9 Å². The van der Waals surface area contributed by atoms with Crippen LogP contribution >= 0.6 is 0 Å². The standard InChI is InChI=1S/C14H22N2O5/c1-9(17)10(8-15-5)7-11(12(18)20-6)16-13(19)21-14(2,3)4/h10-11H,7-8H2,1-4,6H3,(H,16,19)/t10-,11+/m1/s1. The molecule has 0 aromatic rings. The van der Waals surface area contributed by atoms with Crippen molar-refractivity contribution in [3.63, 3.8) is 0 Å². The van der Waals surface area contributed by atoms with Crippen LogP contribution in [0.1, 0.15) is 34.1 Å². The molecule has 1 N–H and O–H groups in total. The molecule has 0 aromatic carbocycles. The number of carbonyl (C=O) groups excluding carboxylic acids is 3. The third kappa shape index (κ3) is 7.92. The van der Waals surface area contributed by atoms with E-state index in [-0.39, 0.29) is 18.7 Å². The van der Waals surface area contributed by atoms with Gasteiger partial charge in [0, 0.05) is 0 Å². The number of Topliss-reactive ketones (excluding diaryl/α,β-unsaturated/α-hetero) is 1. The van der Waals surface area contributed by atoms with Crippen LogP contribution in [0.3, 0.4) is 0 Å². The highest BCUT2D eigenvalue weighted by Crippen LogP contribution is 2.12. The SMILES string of the molecule is [C-]#[N+]C[C@@H](C[C@H](NC(=O)OC(C)(C)C)C(=O)OC)C(C)=O. The summed E-state index contributed by atoms with van der Waals surface area (Å²) in [5.74, 6) is -1.54. The van der Waals surface area contributed by atoms with E-state index in [0.717, 1.165) is 0 Å². The molecule has 0 heterocycles. The molecular formula is C14H22N2O5. The molecule has 0 fully saturated rings. The van der Waals surface area contributed by atoms with Crippen LogP contribution in [0.2, 0.25) is 0 Å². The molecular weight excluding hydrogens is 276 g/mol. The van der Waals surface area contributed by atoms with E-state index in [1.165, 1.54) is 14.0 Å². The van der Waals surface area contributed by atoms with Gasteiger partial charge in [0.1, 0.15) is 17.4 Å². The van der Waals surface area contributed by atoms with E-state index >= 15 is 0 Å². The average Bonchev–Trinajstić information content (AvgIpc) is 2.33. The van der Waals surface area contributed by atoms with Crippen LogP contribution in [0, 0.1) is 12.5 Å². The van der Waals surface area contributed by atoms with Gasteiger partial charge < -0.3 is 19.6 Å². The van der Waals surface area contributed by atoms with Crippen molar-refractivity contribution in [3.8, 4) is 0 Å². The summed E-state index contributed by atoms with van der Waals surface area (Å²) in [5, 5.41) is 2.38. The highest BCUT2D eigenvalue weighted by atomic mass is 16.6. The largest absolute Gasteiger partial charge is 0.467 e. The molecule has 7 heteroatoms. The van der Waals surface area contributed by atoms with Crippen LogP contribution in [-0.4, -0.2) is 43.1 Å². The maximum atomic E-state index is 11.7. The molecule has 0 rings (SSSR count). The van der Waals surface area contributed by atoms with Gasteiger partial charge in [-0.1, -0.05) is 0 Å². The number of amides is 1. The molecule has 0 aliphatic carbocycles. The number of rotatable bonds is 6. The van der Waals surface area contributed by atoms with Crippen LogP contribution in [0.25, 0.3) is 4.85 Å². The second-order valence-electron chi connectivity index (χ2n) is 5.61. The number of esters is 1. The molecule has 0 aliphatic heterocycles. The lowest BCUT2D eigenvalue weighted by Gasteiger charge is -2.23. The van der Waals surface area contributed by atoms with Gasteiger partial charge in [-0.3, -0.25) is 4.79 Å². The summed E-state index contributed by atoms with van der Waals surface area (Å²) in [5.41, 5.74) is -0.707. The Labute approximate surface area is 124 Å². The average molecular weight is 298 g/mol. The molecule has 0 saturated carbocycles. The van der Waals surface area contributed by atoms with Gasteiger partial charge in [0.25, 0.3) is 0 Å². The second-order valence-corrected chi connectivity index (χ2v) is 5.61. The van der Waals surface area contributed by atoms with Crippen molar-refractivity contribution in [2.75, 3.05) is 13.7 Å². The van der Waals surface area contributed by atoms with Gasteiger partial charge in [-0.15, -0.1) is 0 Å². The maximum Gasteiger partial charge on any atom is 0.408 e. The van der Waals surface area contributed by atoms with Crippen LogP contribution in [0.5, 0.6) is 0 Å². The fraction of sp³-hybridized carbons (Fsp3) is 0.714. The van der Waals surface area contributed by atoms with E-state index in [0.29, 0.717) is 0 Å². The van der Waals surface area contributed by atoms with Crippen molar-refractivity contribution >= 4 is 17.8 Å². The summed E-state index contributed by atoms with van der Waals surface area (Å²) in [7, 11) is 1.18. The van der Waals surface area contributed by atoms with E-state index < -0.39 is 29.6 Å². The lowest BCUT2D eigenvalue weighted by Crippen LogP contribution is -2.45. The summed E-state index contributed by atoms with van der Waals surface area (Å²) in [6.45, 7) is 13.2. The first kappa shape index (κ1) is 18.9. The molecule has 0 saturated heterocycles. The summed E-state index contributed by atoms with van der Waals surface area (Å²) < 4.78 is 9.67. The van der Waals surface area contributed by atoms with Gasteiger partial charge in [-0.05, 0) is 34.1 Å². The monoisotopic (exact) mass is 298 g/mol. The summed E-state index contributed by atoms with van der Waals surface area (Å²) >= 11 is 0. The summed E-state index contributed by atoms with van der Waals surface area (Å²) in [6, 6.07) is -1.03. The Morgan fingerprint density at radius 3 is 2.24 bits per heavy atom. The minimum absolute atomic E-state index is 0.00360. The van der Waals surface area contributed by atoms with Gasteiger partial charge in [-0.2, -0.15) is 0 Å². The highest BCUT2D eigenvalue weighted by molar-refractivity contribution is 5.83. The molecule has 7 nitrogen and oxygen atoms in total. The molecule has 2 atom stereocenters. The third-order valence-electron chi connectivity index (χ3n) is 2.58. The minimum atomic E-state index is -1.03. The lowest BCUT2D eigenvalue weighted by molar-refractivity contribution is -0.143. The number of nitrogens with one attached hydrogen (secondary N) is 1. The Morgan fingerprint density at radius 2 is 1.86 bits per heavy atom. The molecule has 0 bridgehead atoms. The molecule has 118 valence electrons. The summed E-state index contributed by atoms with van der Waals surface area (Å²) in [4.78, 5) is 38.0. The Balaban J connectivity index is 4.89. The van der Waals surface area contributed by atoms with Crippen LogP contribution in [0.4, 0.5) is 4.79 Å². The predicted octanol–water partition coefficient (Wildman–Crippen LogP) is 1.57. The zero-order valence-electron chi connectivity index (χ0n) is 13.1. The maximum absolute atomic E-state index is 11.7. The van der Waals surface area contributed by atoms with Crippen molar-refractivity contribution in [1.82, 2.24) is 5.32 Å². The molecule has 0 spiro atoms. The van der Waals surface area contributed by atoms with E-state index in [4.69, 9.17) is 11.3 Å². The van der Waals surface area contributed by atoms with Crippen molar-refractivity contribution < 1.29 is 23.9 Å². The second kappa shape index (κ2) is 8.25. The van der Waals surface area contributed by atoms with Gasteiger partial charge in [-0.25, -0.2) is 16.2 Å². The third-order valence-corrected chi connectivity index (χ3v) is 2.58. The Kier molecular flexibility index (Phi) is 7.42. The first-order chi connectivity index (χ1) is 9.60. The fourth-order valence-corrected chi connectivity index (χ4v) is 1.57. The Bertz CT molecular complexity index is 434. The number of alkyl carbamates (subject to hydrolysis) is 1. The number of ether oxygens (including phenoxy) is 2. The Morgan fingerprint density at radius 1 is 1.29 bits per heavy atom. The van der Waals surface area contributed by atoms with Gasteiger partial charge >= 0.3 is 12.1 Å². The van der Waals surface area contributed by atoms with Crippen LogP contribution in [0.15, 0.2) is 0 Å². The Hall–Kier alpha value is -2.10. The van der Waals surface area contributed by atoms with Crippen molar-refractivity contribution in [3.05, 3.63) is 11.4 Å². The normalized spacial score (nSPS) is 13.5. The number of nitrogens with zero attached hydrogens (tertiary/aromatic N) is 1. The molecule has 0 radical (unpaired) electrons. The van der Waals surface area contributed by atoms with Crippen molar-refractivity contribution in [1.29, 1.82) is 0 Å².